The van der Waals surface area contributed by atoms with Crippen molar-refractivity contribution in [3.05, 3.63) is 35.9 Å². The third-order valence-electron chi connectivity index (χ3n) is 5.75. The Bertz CT molecular complexity index is 617. The molecule has 1 aliphatic rings. The van der Waals surface area contributed by atoms with Crippen LogP contribution in [0.2, 0.25) is 0 Å². The van der Waals surface area contributed by atoms with E-state index in [2.05, 4.69) is 29.6 Å². The molecule has 0 radical (unpaired) electrons. The van der Waals surface area contributed by atoms with E-state index in [1.807, 2.05) is 19.9 Å². The van der Waals surface area contributed by atoms with E-state index < -0.39 is 19.9 Å². The number of nitrogens with one attached hydrogen (secondary N) is 1. The smallest absolute Gasteiger partial charge is 0.481 e. The molecular weight excluding hydrogens is 385 g/mol. The summed E-state index contributed by atoms with van der Waals surface area (Å²) in [7, 11) is -1.97. The van der Waals surface area contributed by atoms with Crippen LogP contribution in [0, 0.1) is 17.8 Å². The second-order valence-corrected chi connectivity index (χ2v) is 9.96. The maximum absolute atomic E-state index is 12.5. The number of rotatable bonds is 13. The van der Waals surface area contributed by atoms with Crippen molar-refractivity contribution in [2.24, 2.45) is 17.8 Å². The summed E-state index contributed by atoms with van der Waals surface area (Å²) >= 11 is 0. The Hall–Kier alpha value is -1.29. The van der Waals surface area contributed by atoms with Crippen LogP contribution in [0.1, 0.15) is 57.9 Å². The van der Waals surface area contributed by atoms with Gasteiger partial charge in [-0.1, -0.05) is 63.4 Å². The van der Waals surface area contributed by atoms with Gasteiger partial charge in [0.05, 0.1) is 0 Å². The Labute approximate surface area is 176 Å². The van der Waals surface area contributed by atoms with Crippen LogP contribution in [0.15, 0.2) is 30.3 Å². The van der Waals surface area contributed by atoms with Crippen LogP contribution < -0.4 is 5.32 Å². The molecule has 2 rings (SSSR count). The highest BCUT2D eigenvalue weighted by Crippen LogP contribution is 2.32. The minimum absolute atomic E-state index is 0.101. The minimum atomic E-state index is -1.97. The zero-order chi connectivity index (χ0) is 21.1. The fraction of sp³-hybridized carbons (Fsp3) is 0.696. The Kier molecular flexibility index (Phi) is 10.8. The minimum Gasteiger partial charge on any atom is -0.481 e. The van der Waals surface area contributed by atoms with Crippen molar-refractivity contribution in [3.8, 4) is 0 Å². The van der Waals surface area contributed by atoms with Crippen molar-refractivity contribution >= 4 is 14.0 Å². The average Bonchev–Trinajstić information content (AvgIpc) is 2.71. The van der Waals surface area contributed by atoms with E-state index in [-0.39, 0.29) is 18.1 Å². The summed E-state index contributed by atoms with van der Waals surface area (Å²) in [6.45, 7) is 5.22. The molecule has 6 heteroatoms. The van der Waals surface area contributed by atoms with E-state index in [4.69, 9.17) is 4.52 Å². The summed E-state index contributed by atoms with van der Waals surface area (Å²) in [6.07, 6.45) is 7.70. The molecule has 0 aromatic heterocycles. The van der Waals surface area contributed by atoms with Crippen molar-refractivity contribution in [2.75, 3.05) is 19.3 Å². The molecule has 5 nitrogen and oxygen atoms in total. The lowest BCUT2D eigenvalue weighted by Crippen LogP contribution is -2.41. The SMILES string of the molecule is CC(C)CC(C[P+](=O)OCC(NCCc1ccccc1)C1CCCCC1)C(=O)O. The van der Waals surface area contributed by atoms with E-state index in [1.165, 1.54) is 37.7 Å². The Morgan fingerprint density at radius 2 is 1.90 bits per heavy atom. The van der Waals surface area contributed by atoms with Gasteiger partial charge in [-0.15, -0.1) is 4.52 Å². The second kappa shape index (κ2) is 13.1. The third kappa shape index (κ3) is 9.37. The van der Waals surface area contributed by atoms with Gasteiger partial charge in [0.15, 0.2) is 6.16 Å². The summed E-state index contributed by atoms with van der Waals surface area (Å²) < 4.78 is 18.2. The molecule has 0 saturated heterocycles. The van der Waals surface area contributed by atoms with Gasteiger partial charge in [-0.05, 0) is 54.2 Å². The summed E-state index contributed by atoms with van der Waals surface area (Å²) in [4.78, 5) is 11.4. The van der Waals surface area contributed by atoms with Gasteiger partial charge in [0.1, 0.15) is 12.5 Å². The van der Waals surface area contributed by atoms with Gasteiger partial charge in [0.2, 0.25) is 0 Å². The molecule has 3 atom stereocenters. The summed E-state index contributed by atoms with van der Waals surface area (Å²) in [5, 5.41) is 13.0. The number of aliphatic carboxylic acids is 1. The lowest BCUT2D eigenvalue weighted by atomic mass is 9.84. The van der Waals surface area contributed by atoms with E-state index in [0.29, 0.717) is 18.9 Å². The van der Waals surface area contributed by atoms with Gasteiger partial charge in [-0.2, -0.15) is 0 Å². The number of carbonyl (C=O) groups is 1. The molecule has 1 fully saturated rings. The maximum Gasteiger partial charge on any atom is 0.509 e. The Morgan fingerprint density at radius 3 is 2.52 bits per heavy atom. The molecule has 0 heterocycles. The fourth-order valence-corrected chi connectivity index (χ4v) is 5.26. The lowest BCUT2D eigenvalue weighted by molar-refractivity contribution is -0.141. The molecule has 1 aromatic carbocycles. The van der Waals surface area contributed by atoms with Gasteiger partial charge in [0, 0.05) is 6.04 Å². The second-order valence-electron chi connectivity index (χ2n) is 8.67. The molecule has 1 aliphatic carbocycles. The highest BCUT2D eigenvalue weighted by molar-refractivity contribution is 7.39. The average molecular weight is 423 g/mol. The molecule has 0 bridgehead atoms. The predicted molar refractivity (Wildman–Crippen MR) is 118 cm³/mol. The van der Waals surface area contributed by atoms with Crippen LogP contribution >= 0.6 is 8.03 Å². The van der Waals surface area contributed by atoms with Gasteiger partial charge in [-0.3, -0.25) is 4.79 Å². The number of carboxylic acids is 1. The molecule has 162 valence electrons. The van der Waals surface area contributed by atoms with Crippen LogP contribution in [0.5, 0.6) is 0 Å². The van der Waals surface area contributed by atoms with Crippen molar-refractivity contribution in [3.63, 3.8) is 0 Å². The molecule has 0 aliphatic heterocycles. The van der Waals surface area contributed by atoms with Gasteiger partial charge in [-0.25, -0.2) is 0 Å². The molecule has 1 aromatic rings. The van der Waals surface area contributed by atoms with Gasteiger partial charge < -0.3 is 10.4 Å². The fourth-order valence-electron chi connectivity index (χ4n) is 4.16. The highest BCUT2D eigenvalue weighted by atomic mass is 31.1. The molecule has 3 unspecified atom stereocenters. The largest absolute Gasteiger partial charge is 0.509 e. The molecule has 1 saturated carbocycles. The van der Waals surface area contributed by atoms with E-state index >= 15 is 0 Å². The molecular formula is C23H37NO4P+. The van der Waals surface area contributed by atoms with Crippen LogP contribution in [-0.4, -0.2) is 36.4 Å². The van der Waals surface area contributed by atoms with E-state index in [1.54, 1.807) is 0 Å². The topological polar surface area (TPSA) is 75.6 Å². The Morgan fingerprint density at radius 1 is 1.21 bits per heavy atom. The molecule has 2 N–H and O–H groups in total. The van der Waals surface area contributed by atoms with Gasteiger partial charge in [0.25, 0.3) is 0 Å². The first-order valence-corrected chi connectivity index (χ1v) is 12.4. The van der Waals surface area contributed by atoms with E-state index in [9.17, 15) is 14.5 Å². The third-order valence-corrected chi connectivity index (χ3v) is 6.93. The summed E-state index contributed by atoms with van der Waals surface area (Å²) in [6, 6.07) is 10.6. The van der Waals surface area contributed by atoms with Crippen LogP contribution in [0.3, 0.4) is 0 Å². The van der Waals surface area contributed by atoms with Crippen LogP contribution in [-0.2, 0) is 20.3 Å². The molecule has 29 heavy (non-hydrogen) atoms. The van der Waals surface area contributed by atoms with Crippen molar-refractivity contribution in [1.29, 1.82) is 0 Å². The highest BCUT2D eigenvalue weighted by Gasteiger charge is 2.33. The first kappa shape index (κ1) is 24.0. The monoisotopic (exact) mass is 422 g/mol. The van der Waals surface area contributed by atoms with Crippen LogP contribution in [0.4, 0.5) is 0 Å². The normalized spacial score (nSPS) is 17.8. The lowest BCUT2D eigenvalue weighted by Gasteiger charge is -2.29. The number of hydrogen-bond donors (Lipinski definition) is 2. The number of benzene rings is 1. The predicted octanol–water partition coefficient (Wildman–Crippen LogP) is 5.27. The first-order chi connectivity index (χ1) is 14.0. The quantitative estimate of drug-likeness (QED) is 0.423. The molecule has 0 spiro atoms. The zero-order valence-electron chi connectivity index (χ0n) is 17.9. The number of carboxylic acid groups (broad SMARTS) is 1. The van der Waals surface area contributed by atoms with E-state index in [0.717, 1.165) is 13.0 Å². The summed E-state index contributed by atoms with van der Waals surface area (Å²) in [5.41, 5.74) is 1.30. The Balaban J connectivity index is 1.85. The first-order valence-electron chi connectivity index (χ1n) is 11.0. The van der Waals surface area contributed by atoms with Crippen molar-refractivity contribution in [2.45, 2.75) is 64.8 Å². The van der Waals surface area contributed by atoms with Crippen molar-refractivity contribution < 1.29 is 19.0 Å². The standard InChI is InChI=1S/C23H36NO4P/c1-18(2)15-21(23(25)26)17-29(27)28-16-22(20-11-7-4-8-12-20)24-14-13-19-9-5-3-6-10-19/h3,5-6,9-10,18,20-22,24H,4,7-8,11-17H2,1-2H3/p+1. The van der Waals surface area contributed by atoms with Crippen molar-refractivity contribution in [1.82, 2.24) is 5.32 Å². The zero-order valence-corrected chi connectivity index (χ0v) is 18.8. The maximum atomic E-state index is 12.5. The van der Waals surface area contributed by atoms with Gasteiger partial charge >= 0.3 is 14.0 Å². The van der Waals surface area contributed by atoms with Crippen LogP contribution in [0.25, 0.3) is 0 Å². The number of hydrogen-bond acceptors (Lipinski definition) is 4. The summed E-state index contributed by atoms with van der Waals surface area (Å²) in [5.74, 6) is -0.684. The molecule has 0 amide bonds.